The van der Waals surface area contributed by atoms with Crippen molar-refractivity contribution < 1.29 is 4.74 Å². The lowest BCUT2D eigenvalue weighted by atomic mass is 10.2. The highest BCUT2D eigenvalue weighted by Crippen LogP contribution is 2.33. The first-order chi connectivity index (χ1) is 8.74. The number of nitrogens with one attached hydrogen (secondary N) is 1. The maximum atomic E-state index is 6.19. The smallest absolute Gasteiger partial charge is 0.183 e. The van der Waals surface area contributed by atoms with E-state index in [0.29, 0.717) is 6.10 Å². The van der Waals surface area contributed by atoms with Crippen LogP contribution in [0.4, 0.5) is 5.13 Å². The van der Waals surface area contributed by atoms with Crippen molar-refractivity contribution in [3.63, 3.8) is 0 Å². The molecule has 0 saturated carbocycles. The van der Waals surface area contributed by atoms with Gasteiger partial charge in [-0.3, -0.25) is 0 Å². The van der Waals surface area contributed by atoms with Gasteiger partial charge in [-0.2, -0.15) is 0 Å². The van der Waals surface area contributed by atoms with E-state index in [2.05, 4.69) is 17.2 Å². The molecule has 1 aliphatic heterocycles. The van der Waals surface area contributed by atoms with Gasteiger partial charge in [0, 0.05) is 13.2 Å². The number of rotatable bonds is 3. The number of anilines is 1. The van der Waals surface area contributed by atoms with Gasteiger partial charge in [-0.15, -0.1) is 0 Å². The van der Waals surface area contributed by atoms with Crippen molar-refractivity contribution >= 4 is 38.3 Å². The molecule has 5 heteroatoms. The number of nitrogens with zero attached hydrogens (tertiary/aromatic N) is 1. The molecule has 0 radical (unpaired) electrons. The third-order valence-corrected chi connectivity index (χ3v) is 4.68. The summed E-state index contributed by atoms with van der Waals surface area (Å²) in [6.07, 6.45) is 2.63. The van der Waals surface area contributed by atoms with Crippen molar-refractivity contribution in [2.45, 2.75) is 25.9 Å². The monoisotopic (exact) mass is 282 g/mol. The summed E-state index contributed by atoms with van der Waals surface area (Å²) < 4.78 is 6.65. The van der Waals surface area contributed by atoms with Crippen LogP contribution >= 0.6 is 22.9 Å². The maximum Gasteiger partial charge on any atom is 0.183 e. The van der Waals surface area contributed by atoms with Crippen LogP contribution in [0.2, 0.25) is 5.02 Å². The largest absolute Gasteiger partial charge is 0.376 e. The summed E-state index contributed by atoms with van der Waals surface area (Å²) in [5.41, 5.74) is 2.16. The van der Waals surface area contributed by atoms with Gasteiger partial charge in [0.15, 0.2) is 5.13 Å². The Labute approximate surface area is 115 Å². The van der Waals surface area contributed by atoms with Crippen molar-refractivity contribution in [2.75, 3.05) is 18.5 Å². The Balaban J connectivity index is 1.80. The summed E-state index contributed by atoms with van der Waals surface area (Å²) in [4.78, 5) is 4.60. The molecule has 0 unspecified atom stereocenters. The second-order valence-electron chi connectivity index (χ2n) is 4.58. The molecule has 18 heavy (non-hydrogen) atoms. The molecule has 96 valence electrons. The average Bonchev–Trinajstić information content (AvgIpc) is 3.00. The summed E-state index contributed by atoms with van der Waals surface area (Å²) in [5, 5.41) is 5.06. The molecule has 3 rings (SSSR count). The fourth-order valence-electron chi connectivity index (χ4n) is 2.18. The van der Waals surface area contributed by atoms with E-state index in [-0.39, 0.29) is 0 Å². The van der Waals surface area contributed by atoms with Gasteiger partial charge in [0.1, 0.15) is 0 Å². The van der Waals surface area contributed by atoms with Crippen LogP contribution in [0.5, 0.6) is 0 Å². The highest BCUT2D eigenvalue weighted by Gasteiger charge is 2.16. The van der Waals surface area contributed by atoms with Crippen LogP contribution in [0.15, 0.2) is 12.1 Å². The number of aryl methyl sites for hydroxylation is 1. The van der Waals surface area contributed by atoms with Gasteiger partial charge in [-0.05, 0) is 31.4 Å². The highest BCUT2D eigenvalue weighted by atomic mass is 35.5. The molecule has 1 saturated heterocycles. The van der Waals surface area contributed by atoms with E-state index >= 15 is 0 Å². The lowest BCUT2D eigenvalue weighted by molar-refractivity contribution is 0.120. The number of ether oxygens (including phenoxy) is 1. The third kappa shape index (κ3) is 2.32. The van der Waals surface area contributed by atoms with Crippen molar-refractivity contribution in [1.29, 1.82) is 0 Å². The molecular weight excluding hydrogens is 268 g/mol. The molecule has 0 amide bonds. The standard InChI is InChI=1S/C13H15ClN2OS/c1-8-4-5-10(14)12-11(8)16-13(18-12)15-7-9-3-2-6-17-9/h4-5,9H,2-3,6-7H2,1H3,(H,15,16)/t9-/m1/s1. The van der Waals surface area contributed by atoms with E-state index in [1.54, 1.807) is 11.3 Å². The number of hydrogen-bond donors (Lipinski definition) is 1. The lowest BCUT2D eigenvalue weighted by Gasteiger charge is -2.08. The predicted molar refractivity (Wildman–Crippen MR) is 76.8 cm³/mol. The molecule has 0 spiro atoms. The first kappa shape index (κ1) is 12.2. The van der Waals surface area contributed by atoms with E-state index in [1.807, 2.05) is 12.1 Å². The van der Waals surface area contributed by atoms with Crippen molar-refractivity contribution in [3.05, 3.63) is 22.7 Å². The Kier molecular flexibility index (Phi) is 3.41. The predicted octanol–water partition coefficient (Wildman–Crippen LogP) is 3.85. The maximum absolute atomic E-state index is 6.19. The van der Waals surface area contributed by atoms with Crippen LogP contribution in [0.25, 0.3) is 10.2 Å². The summed E-state index contributed by atoms with van der Waals surface area (Å²) >= 11 is 7.80. The van der Waals surface area contributed by atoms with E-state index in [0.717, 1.165) is 51.9 Å². The second-order valence-corrected chi connectivity index (χ2v) is 5.98. The average molecular weight is 283 g/mol. The zero-order valence-corrected chi connectivity index (χ0v) is 11.8. The van der Waals surface area contributed by atoms with Crippen LogP contribution in [0, 0.1) is 6.92 Å². The quantitative estimate of drug-likeness (QED) is 0.928. The van der Waals surface area contributed by atoms with Crippen molar-refractivity contribution in [3.8, 4) is 0 Å². The van der Waals surface area contributed by atoms with Gasteiger partial charge in [0.2, 0.25) is 0 Å². The SMILES string of the molecule is Cc1ccc(Cl)c2sc(NC[C@H]3CCCO3)nc12. The topological polar surface area (TPSA) is 34.1 Å². The lowest BCUT2D eigenvalue weighted by Crippen LogP contribution is -2.18. The fraction of sp³-hybridized carbons (Fsp3) is 0.462. The minimum Gasteiger partial charge on any atom is -0.376 e. The zero-order valence-electron chi connectivity index (χ0n) is 10.2. The molecule has 2 aromatic rings. The first-order valence-corrected chi connectivity index (χ1v) is 7.34. The van der Waals surface area contributed by atoms with Crippen LogP contribution in [-0.2, 0) is 4.74 Å². The first-order valence-electron chi connectivity index (χ1n) is 6.15. The number of hydrogen-bond acceptors (Lipinski definition) is 4. The van der Waals surface area contributed by atoms with Crippen molar-refractivity contribution in [1.82, 2.24) is 4.98 Å². The Morgan fingerprint density at radius 1 is 1.56 bits per heavy atom. The van der Waals surface area contributed by atoms with Gasteiger partial charge in [0.05, 0.1) is 21.3 Å². The second kappa shape index (κ2) is 5.03. The summed E-state index contributed by atoms with van der Waals surface area (Å²) in [6, 6.07) is 3.94. The Hall–Kier alpha value is -0.840. The number of benzene rings is 1. The van der Waals surface area contributed by atoms with Crippen LogP contribution < -0.4 is 5.32 Å². The van der Waals surface area contributed by atoms with E-state index in [1.165, 1.54) is 0 Å². The van der Waals surface area contributed by atoms with E-state index in [4.69, 9.17) is 16.3 Å². The van der Waals surface area contributed by atoms with Crippen LogP contribution in [0.3, 0.4) is 0 Å². The van der Waals surface area contributed by atoms with Gasteiger partial charge in [-0.1, -0.05) is 29.0 Å². The molecule has 1 aliphatic rings. The number of aromatic nitrogens is 1. The van der Waals surface area contributed by atoms with E-state index < -0.39 is 0 Å². The zero-order chi connectivity index (χ0) is 12.5. The molecule has 3 nitrogen and oxygen atoms in total. The molecular formula is C13H15ClN2OS. The Morgan fingerprint density at radius 3 is 3.17 bits per heavy atom. The molecule has 0 aliphatic carbocycles. The van der Waals surface area contributed by atoms with Gasteiger partial charge in [-0.25, -0.2) is 4.98 Å². The summed E-state index contributed by atoms with van der Waals surface area (Å²) in [5.74, 6) is 0. The minimum atomic E-state index is 0.327. The minimum absolute atomic E-state index is 0.327. The number of thiazole rings is 1. The van der Waals surface area contributed by atoms with Gasteiger partial charge >= 0.3 is 0 Å². The van der Waals surface area contributed by atoms with Gasteiger partial charge < -0.3 is 10.1 Å². The van der Waals surface area contributed by atoms with Gasteiger partial charge in [0.25, 0.3) is 0 Å². The number of halogens is 1. The molecule has 1 fully saturated rings. The highest BCUT2D eigenvalue weighted by molar-refractivity contribution is 7.22. The summed E-state index contributed by atoms with van der Waals surface area (Å²) in [6.45, 7) is 3.77. The molecule has 0 bridgehead atoms. The molecule has 1 aromatic carbocycles. The number of fused-ring (bicyclic) bond motifs is 1. The fourth-order valence-corrected chi connectivity index (χ4v) is 3.41. The molecule has 1 aromatic heterocycles. The normalized spacial score (nSPS) is 19.6. The summed E-state index contributed by atoms with van der Waals surface area (Å²) in [7, 11) is 0. The molecule has 1 N–H and O–H groups in total. The third-order valence-electron chi connectivity index (χ3n) is 3.20. The van der Waals surface area contributed by atoms with Crippen LogP contribution in [0.1, 0.15) is 18.4 Å². The van der Waals surface area contributed by atoms with Crippen LogP contribution in [-0.4, -0.2) is 24.2 Å². The van der Waals surface area contributed by atoms with E-state index in [9.17, 15) is 0 Å². The van der Waals surface area contributed by atoms with Crippen molar-refractivity contribution in [2.24, 2.45) is 0 Å². The Bertz CT molecular complexity index is 524. The Morgan fingerprint density at radius 2 is 2.44 bits per heavy atom. The molecule has 2 heterocycles. The molecule has 1 atom stereocenters.